The van der Waals surface area contributed by atoms with E-state index in [2.05, 4.69) is 15.3 Å². The number of anilines is 1. The van der Waals surface area contributed by atoms with Gasteiger partial charge in [0.25, 0.3) is 5.56 Å². The van der Waals surface area contributed by atoms with Crippen LogP contribution in [-0.2, 0) is 9.47 Å². The molecule has 1 heterocycles. The van der Waals surface area contributed by atoms with Gasteiger partial charge in [0.1, 0.15) is 11.6 Å². The van der Waals surface area contributed by atoms with E-state index in [0.29, 0.717) is 24.9 Å². The normalized spacial score (nSPS) is 10.6. The molecule has 0 atom stereocenters. The van der Waals surface area contributed by atoms with Gasteiger partial charge in [0.2, 0.25) is 0 Å². The van der Waals surface area contributed by atoms with Crippen molar-refractivity contribution >= 4 is 5.82 Å². The maximum Gasteiger partial charge on any atom is 0.252 e. The van der Waals surface area contributed by atoms with Gasteiger partial charge in [-0.1, -0.05) is 0 Å². The van der Waals surface area contributed by atoms with E-state index in [0.717, 1.165) is 26.0 Å². The summed E-state index contributed by atoms with van der Waals surface area (Å²) in [6.07, 6.45) is 1.94. The Morgan fingerprint density at radius 1 is 1.33 bits per heavy atom. The Morgan fingerprint density at radius 3 is 2.89 bits per heavy atom. The van der Waals surface area contributed by atoms with Gasteiger partial charge >= 0.3 is 0 Å². The van der Waals surface area contributed by atoms with Crippen LogP contribution >= 0.6 is 0 Å². The van der Waals surface area contributed by atoms with Gasteiger partial charge in [0.15, 0.2) is 0 Å². The van der Waals surface area contributed by atoms with Crippen molar-refractivity contribution in [2.75, 3.05) is 38.8 Å². The Labute approximate surface area is 107 Å². The summed E-state index contributed by atoms with van der Waals surface area (Å²) < 4.78 is 10.2. The molecule has 1 aromatic heterocycles. The van der Waals surface area contributed by atoms with Crippen LogP contribution in [0, 0.1) is 6.92 Å². The molecule has 0 aliphatic rings. The molecular formula is C12H21N3O3. The van der Waals surface area contributed by atoms with Crippen molar-refractivity contribution in [2.45, 2.75) is 19.8 Å². The molecule has 18 heavy (non-hydrogen) atoms. The van der Waals surface area contributed by atoms with E-state index in [1.165, 1.54) is 6.07 Å². The third-order valence-electron chi connectivity index (χ3n) is 2.31. The highest BCUT2D eigenvalue weighted by atomic mass is 16.5. The topological polar surface area (TPSA) is 76.2 Å². The summed E-state index contributed by atoms with van der Waals surface area (Å²) in [6, 6.07) is 1.46. The first-order chi connectivity index (χ1) is 8.72. The predicted molar refractivity (Wildman–Crippen MR) is 70.0 cm³/mol. The van der Waals surface area contributed by atoms with Gasteiger partial charge in [-0.05, 0) is 19.8 Å². The van der Waals surface area contributed by atoms with Crippen molar-refractivity contribution in [3.63, 3.8) is 0 Å². The van der Waals surface area contributed by atoms with Crippen LogP contribution in [0.15, 0.2) is 10.9 Å². The molecule has 0 saturated carbocycles. The summed E-state index contributed by atoms with van der Waals surface area (Å²) in [5.41, 5.74) is -0.132. The Kier molecular flexibility index (Phi) is 7.05. The van der Waals surface area contributed by atoms with Gasteiger partial charge in [-0.15, -0.1) is 0 Å². The van der Waals surface area contributed by atoms with Crippen LogP contribution < -0.4 is 10.9 Å². The van der Waals surface area contributed by atoms with Crippen LogP contribution in [0.5, 0.6) is 0 Å². The fourth-order valence-electron chi connectivity index (χ4n) is 1.46. The largest absolute Gasteiger partial charge is 0.382 e. The summed E-state index contributed by atoms with van der Waals surface area (Å²) in [5, 5.41) is 3.12. The second-order valence-electron chi connectivity index (χ2n) is 3.96. The molecule has 0 fully saturated rings. The average Bonchev–Trinajstić information content (AvgIpc) is 2.31. The van der Waals surface area contributed by atoms with Crippen molar-refractivity contribution in [2.24, 2.45) is 0 Å². The highest BCUT2D eigenvalue weighted by molar-refractivity contribution is 5.32. The molecule has 0 bridgehead atoms. The van der Waals surface area contributed by atoms with Gasteiger partial charge in [-0.3, -0.25) is 4.79 Å². The van der Waals surface area contributed by atoms with E-state index in [1.54, 1.807) is 14.0 Å². The van der Waals surface area contributed by atoms with Crippen molar-refractivity contribution in [3.8, 4) is 0 Å². The molecular weight excluding hydrogens is 234 g/mol. The molecule has 0 amide bonds. The van der Waals surface area contributed by atoms with E-state index in [9.17, 15) is 4.79 Å². The summed E-state index contributed by atoms with van der Waals surface area (Å²) in [6.45, 7) is 4.54. The number of nitrogens with one attached hydrogen (secondary N) is 2. The summed E-state index contributed by atoms with van der Waals surface area (Å²) in [4.78, 5) is 18.0. The quantitative estimate of drug-likeness (QED) is 0.642. The molecule has 102 valence electrons. The molecule has 0 aromatic carbocycles. The molecule has 2 N–H and O–H groups in total. The minimum atomic E-state index is -0.132. The third-order valence-corrected chi connectivity index (χ3v) is 2.31. The minimum absolute atomic E-state index is 0.132. The SMILES string of the molecule is COCCOCCCCNc1cc(=O)[nH]c(C)n1. The lowest BCUT2D eigenvalue weighted by molar-refractivity contribution is 0.0691. The number of nitrogens with zero attached hydrogens (tertiary/aromatic N) is 1. The summed E-state index contributed by atoms with van der Waals surface area (Å²) >= 11 is 0. The number of rotatable bonds is 9. The van der Waals surface area contributed by atoms with E-state index in [-0.39, 0.29) is 5.56 Å². The minimum Gasteiger partial charge on any atom is -0.382 e. The van der Waals surface area contributed by atoms with Crippen LogP contribution in [0.25, 0.3) is 0 Å². The van der Waals surface area contributed by atoms with Gasteiger partial charge < -0.3 is 19.8 Å². The Balaban J connectivity index is 2.09. The second-order valence-corrected chi connectivity index (χ2v) is 3.96. The summed E-state index contributed by atoms with van der Waals surface area (Å²) in [7, 11) is 1.66. The maximum absolute atomic E-state index is 11.2. The van der Waals surface area contributed by atoms with E-state index in [1.807, 2.05) is 0 Å². The zero-order valence-electron chi connectivity index (χ0n) is 11.0. The fourth-order valence-corrected chi connectivity index (χ4v) is 1.46. The smallest absolute Gasteiger partial charge is 0.252 e. The van der Waals surface area contributed by atoms with Gasteiger partial charge in [-0.25, -0.2) is 4.98 Å². The molecule has 0 spiro atoms. The average molecular weight is 255 g/mol. The third kappa shape index (κ3) is 6.36. The van der Waals surface area contributed by atoms with Crippen molar-refractivity contribution in [3.05, 3.63) is 22.2 Å². The fraction of sp³-hybridized carbons (Fsp3) is 0.667. The van der Waals surface area contributed by atoms with Gasteiger partial charge in [-0.2, -0.15) is 0 Å². The monoisotopic (exact) mass is 255 g/mol. The second kappa shape index (κ2) is 8.66. The molecule has 0 saturated heterocycles. The number of methoxy groups -OCH3 is 1. The first kappa shape index (κ1) is 14.7. The molecule has 0 aliphatic heterocycles. The van der Waals surface area contributed by atoms with E-state index < -0.39 is 0 Å². The molecule has 0 aliphatic carbocycles. The van der Waals surface area contributed by atoms with Crippen LogP contribution in [0.1, 0.15) is 18.7 Å². The number of unbranched alkanes of at least 4 members (excludes halogenated alkanes) is 1. The Hall–Kier alpha value is -1.40. The lowest BCUT2D eigenvalue weighted by Gasteiger charge is -2.06. The van der Waals surface area contributed by atoms with Crippen molar-refractivity contribution in [1.29, 1.82) is 0 Å². The van der Waals surface area contributed by atoms with Crippen molar-refractivity contribution in [1.82, 2.24) is 9.97 Å². The number of aryl methyl sites for hydroxylation is 1. The molecule has 1 aromatic rings. The molecule has 0 radical (unpaired) electrons. The van der Waals surface area contributed by atoms with Crippen LogP contribution in [0.2, 0.25) is 0 Å². The standard InChI is InChI=1S/C12H21N3O3/c1-10-14-11(9-12(16)15-10)13-5-3-4-6-18-8-7-17-2/h9H,3-8H2,1-2H3,(H2,13,14,15,16). The molecule has 6 heteroatoms. The van der Waals surface area contributed by atoms with Gasteiger partial charge in [0, 0.05) is 26.3 Å². The molecule has 0 unspecified atom stereocenters. The highest BCUT2D eigenvalue weighted by Gasteiger charge is 1.97. The summed E-state index contributed by atoms with van der Waals surface area (Å²) in [5.74, 6) is 1.24. The Morgan fingerprint density at radius 2 is 2.17 bits per heavy atom. The van der Waals surface area contributed by atoms with Crippen LogP contribution in [-0.4, -0.2) is 43.4 Å². The highest BCUT2D eigenvalue weighted by Crippen LogP contribution is 1.99. The van der Waals surface area contributed by atoms with E-state index in [4.69, 9.17) is 9.47 Å². The molecule has 6 nitrogen and oxygen atoms in total. The number of hydrogen-bond donors (Lipinski definition) is 2. The predicted octanol–water partition coefficient (Wildman–Crippen LogP) is 0.933. The number of aromatic amines is 1. The number of ether oxygens (including phenoxy) is 2. The number of hydrogen-bond acceptors (Lipinski definition) is 5. The van der Waals surface area contributed by atoms with E-state index >= 15 is 0 Å². The lowest BCUT2D eigenvalue weighted by Crippen LogP contribution is -2.13. The first-order valence-corrected chi connectivity index (χ1v) is 6.11. The van der Waals surface area contributed by atoms with Crippen LogP contribution in [0.3, 0.4) is 0 Å². The zero-order chi connectivity index (χ0) is 13.2. The van der Waals surface area contributed by atoms with Crippen molar-refractivity contribution < 1.29 is 9.47 Å². The zero-order valence-corrected chi connectivity index (χ0v) is 11.0. The number of aromatic nitrogens is 2. The van der Waals surface area contributed by atoms with Crippen LogP contribution in [0.4, 0.5) is 5.82 Å². The number of H-pyrrole nitrogens is 1. The lowest BCUT2D eigenvalue weighted by atomic mass is 10.3. The first-order valence-electron chi connectivity index (χ1n) is 6.11. The Bertz CT molecular complexity index is 392. The molecule has 1 rings (SSSR count). The maximum atomic E-state index is 11.2. The van der Waals surface area contributed by atoms with Gasteiger partial charge in [0.05, 0.1) is 13.2 Å².